The lowest BCUT2D eigenvalue weighted by molar-refractivity contribution is -0.123. The fraction of sp³-hybridized carbons (Fsp3) is 0.562. The fourth-order valence-corrected chi connectivity index (χ4v) is 1.78. The number of nitrogens with one attached hydrogen (secondary N) is 1. The van der Waals surface area contributed by atoms with E-state index in [9.17, 15) is 4.79 Å². The molecule has 0 bridgehead atoms. The zero-order chi connectivity index (χ0) is 15.2. The molecule has 0 aliphatic heterocycles. The minimum Gasteiger partial charge on any atom is -0.484 e. The van der Waals surface area contributed by atoms with Crippen molar-refractivity contribution in [3.63, 3.8) is 0 Å². The Morgan fingerprint density at radius 1 is 1.25 bits per heavy atom. The van der Waals surface area contributed by atoms with E-state index >= 15 is 0 Å². The number of nitrogens with two attached hydrogens (primary N) is 1. The molecule has 4 heteroatoms. The molecule has 0 aromatic heterocycles. The van der Waals surface area contributed by atoms with E-state index in [-0.39, 0.29) is 18.1 Å². The van der Waals surface area contributed by atoms with Gasteiger partial charge in [-0.05, 0) is 49.9 Å². The van der Waals surface area contributed by atoms with Crippen molar-refractivity contribution in [3.8, 4) is 5.75 Å². The van der Waals surface area contributed by atoms with Crippen LogP contribution in [0.5, 0.6) is 5.75 Å². The molecule has 0 spiro atoms. The predicted octanol–water partition coefficient (Wildman–Crippen LogP) is 2.32. The Morgan fingerprint density at radius 2 is 1.90 bits per heavy atom. The van der Waals surface area contributed by atoms with Crippen LogP contribution in [0, 0.1) is 13.8 Å². The Labute approximate surface area is 121 Å². The van der Waals surface area contributed by atoms with Gasteiger partial charge in [-0.1, -0.05) is 19.9 Å². The number of amides is 1. The van der Waals surface area contributed by atoms with Crippen molar-refractivity contribution in [2.75, 3.05) is 13.2 Å². The highest BCUT2D eigenvalue weighted by molar-refractivity contribution is 5.77. The Hall–Kier alpha value is -1.55. The first kappa shape index (κ1) is 16.5. The quantitative estimate of drug-likeness (QED) is 0.804. The summed E-state index contributed by atoms with van der Waals surface area (Å²) in [5.41, 5.74) is 8.17. The van der Waals surface area contributed by atoms with Crippen molar-refractivity contribution in [2.24, 2.45) is 5.73 Å². The van der Waals surface area contributed by atoms with Gasteiger partial charge in [-0.2, -0.15) is 0 Å². The summed E-state index contributed by atoms with van der Waals surface area (Å²) in [5.74, 6) is 0.577. The number of carbonyl (C=O) groups excluding carboxylic acids is 1. The Bertz CT molecular complexity index is 454. The van der Waals surface area contributed by atoms with E-state index in [2.05, 4.69) is 5.32 Å². The minimum atomic E-state index is -0.323. The van der Waals surface area contributed by atoms with Gasteiger partial charge in [0.1, 0.15) is 5.75 Å². The molecule has 3 N–H and O–H groups in total. The number of hydrogen-bond acceptors (Lipinski definition) is 3. The van der Waals surface area contributed by atoms with E-state index in [0.29, 0.717) is 12.3 Å². The molecular weight excluding hydrogens is 252 g/mol. The third kappa shape index (κ3) is 4.85. The molecule has 0 radical (unpaired) electrons. The van der Waals surface area contributed by atoms with Crippen molar-refractivity contribution >= 4 is 5.91 Å². The maximum absolute atomic E-state index is 11.8. The molecule has 112 valence electrons. The number of hydrogen-bond donors (Lipinski definition) is 2. The molecule has 4 nitrogen and oxygen atoms in total. The summed E-state index contributed by atoms with van der Waals surface area (Å²) in [5, 5.41) is 2.83. The summed E-state index contributed by atoms with van der Waals surface area (Å²) >= 11 is 0. The summed E-state index contributed by atoms with van der Waals surface area (Å²) in [6, 6.07) is 5.80. The van der Waals surface area contributed by atoms with Crippen LogP contribution in [0.3, 0.4) is 0 Å². The normalized spacial score (nSPS) is 11.2. The van der Waals surface area contributed by atoms with Crippen molar-refractivity contribution in [1.82, 2.24) is 5.32 Å². The Kier molecular flexibility index (Phi) is 6.02. The van der Waals surface area contributed by atoms with Crippen LogP contribution in [0.2, 0.25) is 0 Å². The summed E-state index contributed by atoms with van der Waals surface area (Å²) < 4.78 is 5.48. The first-order chi connectivity index (χ1) is 9.40. The largest absolute Gasteiger partial charge is 0.484 e. The molecule has 1 rings (SSSR count). The lowest BCUT2D eigenvalue weighted by atomic mass is 9.94. The molecule has 0 saturated carbocycles. The van der Waals surface area contributed by atoms with Gasteiger partial charge < -0.3 is 15.8 Å². The molecule has 0 atom stereocenters. The second-order valence-corrected chi connectivity index (χ2v) is 5.38. The number of benzene rings is 1. The highest BCUT2D eigenvalue weighted by Crippen LogP contribution is 2.16. The van der Waals surface area contributed by atoms with Crippen LogP contribution in [0.25, 0.3) is 0 Å². The maximum atomic E-state index is 11.8. The van der Waals surface area contributed by atoms with Crippen LogP contribution in [0.4, 0.5) is 0 Å². The standard InChI is InChI=1S/C16H26N2O2/c1-5-16(17,6-2)11-18-15(19)10-20-14-8-7-12(3)13(4)9-14/h7-9H,5-6,10-11,17H2,1-4H3,(H,18,19). The summed E-state index contributed by atoms with van der Waals surface area (Å²) in [6.07, 6.45) is 1.67. The molecule has 1 aromatic rings. The lowest BCUT2D eigenvalue weighted by Gasteiger charge is -2.26. The number of aryl methyl sites for hydroxylation is 2. The minimum absolute atomic E-state index is 0.0199. The third-order valence-corrected chi connectivity index (χ3v) is 3.89. The maximum Gasteiger partial charge on any atom is 0.258 e. The van der Waals surface area contributed by atoms with Crippen LogP contribution in [0.15, 0.2) is 18.2 Å². The van der Waals surface area contributed by atoms with Crippen LogP contribution >= 0.6 is 0 Å². The second-order valence-electron chi connectivity index (χ2n) is 5.38. The van der Waals surface area contributed by atoms with Crippen LogP contribution in [-0.2, 0) is 4.79 Å². The fourth-order valence-electron chi connectivity index (χ4n) is 1.78. The number of rotatable bonds is 7. The zero-order valence-corrected chi connectivity index (χ0v) is 13.0. The number of carbonyl (C=O) groups is 1. The van der Waals surface area contributed by atoms with Crippen molar-refractivity contribution in [1.29, 1.82) is 0 Å². The van der Waals surface area contributed by atoms with E-state index in [1.807, 2.05) is 45.9 Å². The number of ether oxygens (including phenoxy) is 1. The summed E-state index contributed by atoms with van der Waals surface area (Å²) in [4.78, 5) is 11.8. The van der Waals surface area contributed by atoms with Crippen molar-refractivity contribution in [3.05, 3.63) is 29.3 Å². The average molecular weight is 278 g/mol. The van der Waals surface area contributed by atoms with Gasteiger partial charge in [0.05, 0.1) is 0 Å². The molecule has 0 fully saturated rings. The van der Waals surface area contributed by atoms with Crippen molar-refractivity contribution in [2.45, 2.75) is 46.1 Å². The van der Waals surface area contributed by atoms with E-state index in [1.54, 1.807) is 0 Å². The molecule has 0 heterocycles. The van der Waals surface area contributed by atoms with Gasteiger partial charge in [0.25, 0.3) is 5.91 Å². The molecule has 0 unspecified atom stereocenters. The summed E-state index contributed by atoms with van der Waals surface area (Å²) in [6.45, 7) is 8.62. The monoisotopic (exact) mass is 278 g/mol. The highest BCUT2D eigenvalue weighted by atomic mass is 16.5. The Balaban J connectivity index is 2.42. The third-order valence-electron chi connectivity index (χ3n) is 3.89. The SMILES string of the molecule is CCC(N)(CC)CNC(=O)COc1ccc(C)c(C)c1. The van der Waals surface area contributed by atoms with Gasteiger partial charge in [-0.15, -0.1) is 0 Å². The van der Waals surface area contributed by atoms with Crippen molar-refractivity contribution < 1.29 is 9.53 Å². The van der Waals surface area contributed by atoms with E-state index in [1.165, 1.54) is 5.56 Å². The smallest absolute Gasteiger partial charge is 0.258 e. The molecular formula is C16H26N2O2. The first-order valence-electron chi connectivity index (χ1n) is 7.16. The van der Waals surface area contributed by atoms with E-state index in [4.69, 9.17) is 10.5 Å². The van der Waals surface area contributed by atoms with Gasteiger partial charge in [-0.25, -0.2) is 0 Å². The van der Waals surface area contributed by atoms with Crippen LogP contribution < -0.4 is 15.8 Å². The molecule has 1 aromatic carbocycles. The predicted molar refractivity (Wildman–Crippen MR) is 81.9 cm³/mol. The van der Waals surface area contributed by atoms with Gasteiger partial charge in [0.2, 0.25) is 0 Å². The average Bonchev–Trinajstić information content (AvgIpc) is 2.46. The second kappa shape index (κ2) is 7.29. The first-order valence-corrected chi connectivity index (χ1v) is 7.16. The highest BCUT2D eigenvalue weighted by Gasteiger charge is 2.20. The molecule has 20 heavy (non-hydrogen) atoms. The van der Waals surface area contributed by atoms with Crippen LogP contribution in [0.1, 0.15) is 37.8 Å². The van der Waals surface area contributed by atoms with Gasteiger partial charge in [0.15, 0.2) is 6.61 Å². The van der Waals surface area contributed by atoms with Gasteiger partial charge in [0, 0.05) is 12.1 Å². The lowest BCUT2D eigenvalue weighted by Crippen LogP contribution is -2.50. The van der Waals surface area contributed by atoms with Gasteiger partial charge in [-0.3, -0.25) is 4.79 Å². The van der Waals surface area contributed by atoms with E-state index in [0.717, 1.165) is 18.4 Å². The molecule has 0 saturated heterocycles. The summed E-state index contributed by atoms with van der Waals surface area (Å²) in [7, 11) is 0. The Morgan fingerprint density at radius 3 is 2.45 bits per heavy atom. The topological polar surface area (TPSA) is 64.3 Å². The molecule has 0 aliphatic carbocycles. The molecule has 0 aliphatic rings. The zero-order valence-electron chi connectivity index (χ0n) is 13.0. The molecule has 1 amide bonds. The van der Waals surface area contributed by atoms with E-state index < -0.39 is 0 Å². The van der Waals surface area contributed by atoms with Gasteiger partial charge >= 0.3 is 0 Å². The van der Waals surface area contributed by atoms with Crippen LogP contribution in [-0.4, -0.2) is 24.6 Å².